The molecule has 110 valence electrons. The third kappa shape index (κ3) is 2.67. The summed E-state index contributed by atoms with van der Waals surface area (Å²) in [6.07, 6.45) is -0.475. The van der Waals surface area contributed by atoms with Crippen LogP contribution in [0.4, 0.5) is 11.4 Å². The van der Waals surface area contributed by atoms with Crippen LogP contribution in [0.5, 0.6) is 5.75 Å². The first kappa shape index (κ1) is 13.4. The van der Waals surface area contributed by atoms with Crippen molar-refractivity contribution in [2.24, 2.45) is 0 Å². The van der Waals surface area contributed by atoms with Gasteiger partial charge in [0.05, 0.1) is 5.69 Å². The van der Waals surface area contributed by atoms with Crippen LogP contribution in [0, 0.1) is 6.92 Å². The fourth-order valence-corrected chi connectivity index (χ4v) is 2.10. The number of ether oxygens (including phenoxy) is 1. The summed E-state index contributed by atoms with van der Waals surface area (Å²) in [7, 11) is 0. The molecule has 21 heavy (non-hydrogen) atoms. The molecular formula is C14H16N4O3. The highest BCUT2D eigenvalue weighted by Crippen LogP contribution is 2.33. The molecule has 3 rings (SSSR count). The van der Waals surface area contributed by atoms with Gasteiger partial charge in [-0.05, 0) is 39.0 Å². The SMILES string of the molecule is Cc1noc(C(C)Nc2ccc3c(c2)NC(=O)C(C)O3)n1. The lowest BCUT2D eigenvalue weighted by molar-refractivity contribution is -0.122. The van der Waals surface area contributed by atoms with Gasteiger partial charge in [0.1, 0.15) is 11.8 Å². The number of carbonyl (C=O) groups excluding carboxylic acids is 1. The van der Waals surface area contributed by atoms with E-state index < -0.39 is 6.10 Å². The molecule has 2 heterocycles. The number of nitrogens with zero attached hydrogens (tertiary/aromatic N) is 2. The second-order valence-electron chi connectivity index (χ2n) is 5.01. The van der Waals surface area contributed by atoms with Crippen molar-refractivity contribution >= 4 is 17.3 Å². The van der Waals surface area contributed by atoms with Crippen LogP contribution >= 0.6 is 0 Å². The molecular weight excluding hydrogens is 272 g/mol. The monoisotopic (exact) mass is 288 g/mol. The lowest BCUT2D eigenvalue weighted by Crippen LogP contribution is -2.34. The Hall–Kier alpha value is -2.57. The first-order chi connectivity index (χ1) is 10.0. The number of hydrogen-bond donors (Lipinski definition) is 2. The number of benzene rings is 1. The van der Waals surface area contributed by atoms with Crippen LogP contribution in [-0.4, -0.2) is 22.2 Å². The summed E-state index contributed by atoms with van der Waals surface area (Å²) in [5.74, 6) is 1.62. The number of aromatic nitrogens is 2. The molecule has 1 amide bonds. The van der Waals surface area contributed by atoms with Crippen molar-refractivity contribution in [1.82, 2.24) is 10.1 Å². The summed E-state index contributed by atoms with van der Waals surface area (Å²) in [4.78, 5) is 15.8. The van der Waals surface area contributed by atoms with Gasteiger partial charge in [0.2, 0.25) is 5.89 Å². The molecule has 1 aliphatic rings. The van der Waals surface area contributed by atoms with Crippen LogP contribution in [0.2, 0.25) is 0 Å². The van der Waals surface area contributed by atoms with Crippen molar-refractivity contribution in [2.45, 2.75) is 32.9 Å². The van der Waals surface area contributed by atoms with Crippen LogP contribution in [0.1, 0.15) is 31.6 Å². The van der Waals surface area contributed by atoms with Gasteiger partial charge in [-0.2, -0.15) is 4.98 Å². The summed E-state index contributed by atoms with van der Waals surface area (Å²) in [5, 5.41) is 9.82. The molecule has 0 radical (unpaired) electrons. The van der Waals surface area contributed by atoms with Crippen molar-refractivity contribution in [1.29, 1.82) is 0 Å². The van der Waals surface area contributed by atoms with E-state index in [1.54, 1.807) is 13.8 Å². The van der Waals surface area contributed by atoms with E-state index in [0.717, 1.165) is 5.69 Å². The summed E-state index contributed by atoms with van der Waals surface area (Å²) in [5.41, 5.74) is 1.48. The van der Waals surface area contributed by atoms with E-state index in [0.29, 0.717) is 23.2 Å². The number of carbonyl (C=O) groups is 1. The number of amides is 1. The number of anilines is 2. The number of rotatable bonds is 3. The second-order valence-corrected chi connectivity index (χ2v) is 5.01. The van der Waals surface area contributed by atoms with E-state index in [2.05, 4.69) is 20.8 Å². The minimum Gasteiger partial charge on any atom is -0.479 e. The van der Waals surface area contributed by atoms with E-state index in [-0.39, 0.29) is 11.9 Å². The highest BCUT2D eigenvalue weighted by molar-refractivity contribution is 5.98. The van der Waals surface area contributed by atoms with Crippen LogP contribution in [-0.2, 0) is 4.79 Å². The maximum atomic E-state index is 11.6. The van der Waals surface area contributed by atoms with E-state index in [9.17, 15) is 4.79 Å². The van der Waals surface area contributed by atoms with Crippen LogP contribution in [0.3, 0.4) is 0 Å². The third-order valence-corrected chi connectivity index (χ3v) is 3.21. The van der Waals surface area contributed by atoms with Gasteiger partial charge in [-0.3, -0.25) is 4.79 Å². The van der Waals surface area contributed by atoms with Crippen molar-refractivity contribution in [2.75, 3.05) is 10.6 Å². The van der Waals surface area contributed by atoms with Crippen molar-refractivity contribution < 1.29 is 14.1 Å². The molecule has 1 aromatic carbocycles. The van der Waals surface area contributed by atoms with Gasteiger partial charge in [0.15, 0.2) is 11.9 Å². The van der Waals surface area contributed by atoms with Crippen LogP contribution in [0.25, 0.3) is 0 Å². The third-order valence-electron chi connectivity index (χ3n) is 3.21. The van der Waals surface area contributed by atoms with Gasteiger partial charge >= 0.3 is 0 Å². The molecule has 0 aliphatic carbocycles. The molecule has 0 saturated heterocycles. The Morgan fingerprint density at radius 3 is 2.95 bits per heavy atom. The Balaban J connectivity index is 1.78. The molecule has 1 aliphatic heterocycles. The van der Waals surface area contributed by atoms with Gasteiger partial charge in [0.25, 0.3) is 5.91 Å². The Morgan fingerprint density at radius 1 is 1.43 bits per heavy atom. The average molecular weight is 288 g/mol. The zero-order valence-electron chi connectivity index (χ0n) is 12.0. The predicted molar refractivity (Wildman–Crippen MR) is 76.2 cm³/mol. The minimum atomic E-state index is -0.475. The predicted octanol–water partition coefficient (Wildman–Crippen LogP) is 2.27. The van der Waals surface area contributed by atoms with Gasteiger partial charge in [-0.25, -0.2) is 0 Å². The number of nitrogens with one attached hydrogen (secondary N) is 2. The summed E-state index contributed by atoms with van der Waals surface area (Å²) >= 11 is 0. The number of fused-ring (bicyclic) bond motifs is 1. The zero-order valence-corrected chi connectivity index (χ0v) is 12.0. The molecule has 7 nitrogen and oxygen atoms in total. The maximum Gasteiger partial charge on any atom is 0.265 e. The fraction of sp³-hybridized carbons (Fsp3) is 0.357. The number of hydrogen-bond acceptors (Lipinski definition) is 6. The first-order valence-corrected chi connectivity index (χ1v) is 6.71. The molecule has 0 bridgehead atoms. The van der Waals surface area contributed by atoms with Crippen molar-refractivity contribution in [3.05, 3.63) is 29.9 Å². The molecule has 1 aromatic heterocycles. The first-order valence-electron chi connectivity index (χ1n) is 6.71. The summed E-state index contributed by atoms with van der Waals surface area (Å²) in [6.45, 7) is 5.40. The topological polar surface area (TPSA) is 89.3 Å². The standard InChI is InChI=1S/C14H16N4O3/c1-7(14-16-9(3)18-21-14)15-10-4-5-12-11(6-10)17-13(19)8(2)20-12/h4-8,15H,1-3H3,(H,17,19). The van der Waals surface area contributed by atoms with Crippen molar-refractivity contribution in [3.63, 3.8) is 0 Å². The van der Waals surface area contributed by atoms with E-state index in [4.69, 9.17) is 9.26 Å². The molecule has 2 atom stereocenters. The van der Waals surface area contributed by atoms with E-state index in [1.165, 1.54) is 0 Å². The van der Waals surface area contributed by atoms with Crippen LogP contribution < -0.4 is 15.4 Å². The number of aryl methyl sites for hydroxylation is 1. The van der Waals surface area contributed by atoms with Gasteiger partial charge in [-0.15, -0.1) is 0 Å². The fourth-order valence-electron chi connectivity index (χ4n) is 2.10. The van der Waals surface area contributed by atoms with E-state index in [1.807, 2.05) is 25.1 Å². The summed E-state index contributed by atoms with van der Waals surface area (Å²) in [6, 6.07) is 5.38. The smallest absolute Gasteiger partial charge is 0.265 e. The van der Waals surface area contributed by atoms with Crippen molar-refractivity contribution in [3.8, 4) is 5.75 Å². The molecule has 0 spiro atoms. The quantitative estimate of drug-likeness (QED) is 0.900. The highest BCUT2D eigenvalue weighted by Gasteiger charge is 2.23. The van der Waals surface area contributed by atoms with Crippen LogP contribution in [0.15, 0.2) is 22.7 Å². The molecule has 7 heteroatoms. The molecule has 2 aromatic rings. The Labute approximate surface area is 121 Å². The normalized spacial score (nSPS) is 18.4. The Morgan fingerprint density at radius 2 is 2.24 bits per heavy atom. The lowest BCUT2D eigenvalue weighted by atomic mass is 10.2. The average Bonchev–Trinajstić information content (AvgIpc) is 2.87. The molecule has 0 fully saturated rings. The van der Waals surface area contributed by atoms with Gasteiger partial charge < -0.3 is 19.9 Å². The van der Waals surface area contributed by atoms with Gasteiger partial charge in [-0.1, -0.05) is 5.16 Å². The minimum absolute atomic E-state index is 0.136. The Kier molecular flexibility index (Phi) is 3.25. The van der Waals surface area contributed by atoms with Gasteiger partial charge in [0, 0.05) is 5.69 Å². The maximum absolute atomic E-state index is 11.6. The molecule has 2 unspecified atom stereocenters. The second kappa shape index (κ2) is 5.08. The molecule has 0 saturated carbocycles. The Bertz CT molecular complexity index is 683. The largest absolute Gasteiger partial charge is 0.479 e. The lowest BCUT2D eigenvalue weighted by Gasteiger charge is -2.24. The van der Waals surface area contributed by atoms with E-state index >= 15 is 0 Å². The summed E-state index contributed by atoms with van der Waals surface area (Å²) < 4.78 is 10.6. The highest BCUT2D eigenvalue weighted by atomic mass is 16.5. The zero-order chi connectivity index (χ0) is 15.0. The molecule has 2 N–H and O–H groups in total.